The highest BCUT2D eigenvalue weighted by atomic mass is 15.0. The van der Waals surface area contributed by atoms with Gasteiger partial charge in [-0.05, 0) is 23.8 Å². The van der Waals surface area contributed by atoms with Gasteiger partial charge in [0.2, 0.25) is 0 Å². The van der Waals surface area contributed by atoms with E-state index in [0.29, 0.717) is 0 Å². The van der Waals surface area contributed by atoms with Crippen LogP contribution in [0.4, 0.5) is 0 Å². The number of hydrogen-bond donors (Lipinski definition) is 0. The van der Waals surface area contributed by atoms with Gasteiger partial charge in [0.25, 0.3) is 0 Å². The standard InChI is InChI=1S/C23H20N4/c1-23(2,3)21-20-18(11-13-25-21)26-22-16-10-7-12-24-19(16)17(14-27(20)22)15-8-5-4-6-9-15/h4-14H,1-3H3. The largest absolute Gasteiger partial charge is 0.297 e. The SMILES string of the molecule is CC(C)(C)c1nccc2nc3c4cccnc4c(-c4ccccc4)cn3c12. The zero-order valence-corrected chi connectivity index (χ0v) is 15.6. The monoisotopic (exact) mass is 352 g/mol. The predicted octanol–water partition coefficient (Wildman–Crippen LogP) is 5.40. The molecule has 0 saturated carbocycles. The molecule has 4 heteroatoms. The molecule has 0 aliphatic carbocycles. The third-order valence-corrected chi connectivity index (χ3v) is 4.96. The van der Waals surface area contributed by atoms with Gasteiger partial charge < -0.3 is 0 Å². The Labute approximate surface area is 157 Å². The van der Waals surface area contributed by atoms with Crippen molar-refractivity contribution >= 4 is 27.6 Å². The van der Waals surface area contributed by atoms with Crippen LogP contribution in [0.1, 0.15) is 26.5 Å². The van der Waals surface area contributed by atoms with E-state index < -0.39 is 0 Å². The summed E-state index contributed by atoms with van der Waals surface area (Å²) in [6, 6.07) is 16.5. The molecule has 0 aliphatic rings. The molecule has 132 valence electrons. The zero-order chi connectivity index (χ0) is 18.6. The van der Waals surface area contributed by atoms with Crippen LogP contribution in [0.3, 0.4) is 0 Å². The quantitative estimate of drug-likeness (QED) is 0.406. The van der Waals surface area contributed by atoms with Crippen LogP contribution in [0.5, 0.6) is 0 Å². The molecule has 0 bridgehead atoms. The topological polar surface area (TPSA) is 43.1 Å². The van der Waals surface area contributed by atoms with Crippen molar-refractivity contribution in [2.75, 3.05) is 0 Å². The lowest BCUT2D eigenvalue weighted by molar-refractivity contribution is 0.573. The minimum Gasteiger partial charge on any atom is -0.297 e. The van der Waals surface area contributed by atoms with Gasteiger partial charge in [-0.1, -0.05) is 51.1 Å². The van der Waals surface area contributed by atoms with Crippen molar-refractivity contribution in [3.8, 4) is 11.1 Å². The van der Waals surface area contributed by atoms with Crippen LogP contribution in [-0.4, -0.2) is 19.4 Å². The maximum absolute atomic E-state index is 4.94. The Kier molecular flexibility index (Phi) is 3.31. The molecule has 0 fully saturated rings. The second-order valence-corrected chi connectivity index (χ2v) is 7.89. The Balaban J connectivity index is 2.01. The van der Waals surface area contributed by atoms with Crippen LogP contribution in [0.15, 0.2) is 67.1 Å². The van der Waals surface area contributed by atoms with Crippen LogP contribution in [0.25, 0.3) is 38.7 Å². The Bertz CT molecular complexity index is 1290. The van der Waals surface area contributed by atoms with E-state index in [1.807, 2.05) is 30.6 Å². The normalized spacial score (nSPS) is 12.3. The minimum atomic E-state index is -0.0771. The van der Waals surface area contributed by atoms with E-state index in [1.54, 1.807) is 0 Å². The maximum Gasteiger partial charge on any atom is 0.147 e. The summed E-state index contributed by atoms with van der Waals surface area (Å²) in [6.07, 6.45) is 5.86. The third-order valence-electron chi connectivity index (χ3n) is 4.96. The van der Waals surface area contributed by atoms with Crippen LogP contribution in [0.2, 0.25) is 0 Å². The summed E-state index contributed by atoms with van der Waals surface area (Å²) in [5.74, 6) is 0. The summed E-state index contributed by atoms with van der Waals surface area (Å²) in [5.41, 5.74) is 7.14. The molecule has 27 heavy (non-hydrogen) atoms. The average Bonchev–Trinajstić information content (AvgIpc) is 3.06. The van der Waals surface area contributed by atoms with Gasteiger partial charge >= 0.3 is 0 Å². The predicted molar refractivity (Wildman–Crippen MR) is 110 cm³/mol. The van der Waals surface area contributed by atoms with Crippen LogP contribution >= 0.6 is 0 Å². The van der Waals surface area contributed by atoms with E-state index in [4.69, 9.17) is 9.97 Å². The first-order chi connectivity index (χ1) is 13.0. The minimum absolute atomic E-state index is 0.0771. The molecular formula is C23H20N4. The first-order valence-corrected chi connectivity index (χ1v) is 9.14. The molecule has 0 aliphatic heterocycles. The highest BCUT2D eigenvalue weighted by molar-refractivity contribution is 6.03. The molecule has 0 atom stereocenters. The number of hydrogen-bond acceptors (Lipinski definition) is 3. The smallest absolute Gasteiger partial charge is 0.147 e. The van der Waals surface area contributed by atoms with Crippen molar-refractivity contribution in [2.45, 2.75) is 26.2 Å². The Morgan fingerprint density at radius 1 is 0.852 bits per heavy atom. The van der Waals surface area contributed by atoms with E-state index in [-0.39, 0.29) is 5.41 Å². The second-order valence-electron chi connectivity index (χ2n) is 7.89. The molecule has 5 rings (SSSR count). The van der Waals surface area contributed by atoms with Gasteiger partial charge in [0.05, 0.1) is 22.2 Å². The lowest BCUT2D eigenvalue weighted by Crippen LogP contribution is -2.14. The number of rotatable bonds is 1. The zero-order valence-electron chi connectivity index (χ0n) is 15.6. The molecule has 0 saturated heterocycles. The van der Waals surface area contributed by atoms with Gasteiger partial charge in [-0.2, -0.15) is 0 Å². The van der Waals surface area contributed by atoms with Gasteiger partial charge in [-0.15, -0.1) is 0 Å². The number of nitrogens with zero attached hydrogens (tertiary/aromatic N) is 4. The highest BCUT2D eigenvalue weighted by Gasteiger charge is 2.23. The molecular weight excluding hydrogens is 332 g/mol. The summed E-state index contributed by atoms with van der Waals surface area (Å²) in [6.45, 7) is 6.57. The number of pyridine rings is 3. The van der Waals surface area contributed by atoms with Crippen molar-refractivity contribution in [2.24, 2.45) is 0 Å². The Morgan fingerprint density at radius 2 is 1.67 bits per heavy atom. The number of aromatic nitrogens is 4. The maximum atomic E-state index is 4.94. The number of benzene rings is 1. The summed E-state index contributed by atoms with van der Waals surface area (Å²) >= 11 is 0. The molecule has 4 aromatic heterocycles. The molecule has 0 spiro atoms. The second kappa shape index (κ2) is 5.61. The fraction of sp³-hybridized carbons (Fsp3) is 0.174. The first kappa shape index (κ1) is 15.9. The van der Waals surface area contributed by atoms with Crippen molar-refractivity contribution in [1.29, 1.82) is 0 Å². The molecule has 4 heterocycles. The number of fused-ring (bicyclic) bond motifs is 5. The van der Waals surface area contributed by atoms with Gasteiger partial charge in [0, 0.05) is 35.0 Å². The van der Waals surface area contributed by atoms with Crippen LogP contribution < -0.4 is 0 Å². The van der Waals surface area contributed by atoms with Gasteiger partial charge in [-0.3, -0.25) is 14.4 Å². The molecule has 0 radical (unpaired) electrons. The molecule has 0 N–H and O–H groups in total. The molecule has 0 amide bonds. The van der Waals surface area contributed by atoms with E-state index in [2.05, 4.69) is 66.7 Å². The van der Waals surface area contributed by atoms with Crippen LogP contribution in [0, 0.1) is 0 Å². The van der Waals surface area contributed by atoms with Crippen molar-refractivity contribution in [1.82, 2.24) is 19.4 Å². The van der Waals surface area contributed by atoms with E-state index in [1.165, 1.54) is 0 Å². The first-order valence-electron chi connectivity index (χ1n) is 9.14. The van der Waals surface area contributed by atoms with Crippen molar-refractivity contribution < 1.29 is 0 Å². The number of imidazole rings is 1. The summed E-state index contributed by atoms with van der Waals surface area (Å²) in [4.78, 5) is 14.3. The van der Waals surface area contributed by atoms with E-state index in [0.717, 1.165) is 44.4 Å². The fourth-order valence-corrected chi connectivity index (χ4v) is 3.73. The average molecular weight is 352 g/mol. The summed E-state index contributed by atoms with van der Waals surface area (Å²) < 4.78 is 2.19. The van der Waals surface area contributed by atoms with E-state index in [9.17, 15) is 0 Å². The third kappa shape index (κ3) is 2.40. The molecule has 1 aromatic carbocycles. The lowest BCUT2D eigenvalue weighted by Gasteiger charge is -2.19. The highest BCUT2D eigenvalue weighted by Crippen LogP contribution is 2.34. The Hall–Kier alpha value is -3.27. The Morgan fingerprint density at radius 3 is 2.44 bits per heavy atom. The van der Waals surface area contributed by atoms with Crippen molar-refractivity contribution in [3.63, 3.8) is 0 Å². The van der Waals surface area contributed by atoms with Crippen LogP contribution in [-0.2, 0) is 5.41 Å². The molecule has 4 nitrogen and oxygen atoms in total. The van der Waals surface area contributed by atoms with Gasteiger partial charge in [-0.25, -0.2) is 4.98 Å². The lowest BCUT2D eigenvalue weighted by atomic mass is 9.90. The fourth-order valence-electron chi connectivity index (χ4n) is 3.73. The summed E-state index contributed by atoms with van der Waals surface area (Å²) in [7, 11) is 0. The van der Waals surface area contributed by atoms with E-state index >= 15 is 0 Å². The van der Waals surface area contributed by atoms with Gasteiger partial charge in [0.1, 0.15) is 5.65 Å². The van der Waals surface area contributed by atoms with Gasteiger partial charge in [0.15, 0.2) is 0 Å². The summed E-state index contributed by atoms with van der Waals surface area (Å²) in [5, 5.41) is 1.05. The molecule has 5 aromatic rings. The molecule has 0 unspecified atom stereocenters. The van der Waals surface area contributed by atoms with Crippen molar-refractivity contribution in [3.05, 3.63) is 72.8 Å².